The molecule has 2 aromatic rings. The smallest absolute Gasteiger partial charge is 0.138 e. The largest absolute Gasteiger partial charge is 0.464 e. The van der Waals surface area contributed by atoms with Gasteiger partial charge in [-0.05, 0) is 31.9 Å². The minimum Gasteiger partial charge on any atom is -0.464 e. The van der Waals surface area contributed by atoms with Crippen LogP contribution in [0.25, 0.3) is 11.0 Å². The lowest BCUT2D eigenvalue weighted by molar-refractivity contribution is 0.360. The van der Waals surface area contributed by atoms with Crippen LogP contribution in [-0.4, -0.2) is 18.5 Å². The Labute approximate surface area is 139 Å². The molecule has 1 aromatic heterocycles. The first-order chi connectivity index (χ1) is 10.3. The second-order valence-electron chi connectivity index (χ2n) is 6.28. The van der Waals surface area contributed by atoms with Gasteiger partial charge in [0.2, 0.25) is 0 Å². The molecule has 0 N–H and O–H groups in total. The van der Waals surface area contributed by atoms with Crippen molar-refractivity contribution in [1.82, 2.24) is 4.90 Å². The summed E-state index contributed by atoms with van der Waals surface area (Å²) in [4.78, 5) is 2.34. The van der Waals surface area contributed by atoms with Crippen molar-refractivity contribution in [2.75, 3.05) is 13.6 Å². The molecule has 0 spiro atoms. The third-order valence-corrected chi connectivity index (χ3v) is 4.48. The zero-order valence-electron chi connectivity index (χ0n) is 13.3. The maximum atomic E-state index is 5.60. The Balaban J connectivity index is 0.00000176. The molecular weight excluding hydrogens is 294 g/mol. The van der Waals surface area contributed by atoms with Gasteiger partial charge in [-0.2, -0.15) is 0 Å². The second kappa shape index (κ2) is 8.40. The highest BCUT2D eigenvalue weighted by Gasteiger charge is 2.10. The fourth-order valence-corrected chi connectivity index (χ4v) is 3.29. The van der Waals surface area contributed by atoms with E-state index in [1.807, 2.05) is 6.07 Å². The highest BCUT2D eigenvalue weighted by atomic mass is 35.5. The van der Waals surface area contributed by atoms with E-state index in [0.717, 1.165) is 24.6 Å². The summed E-state index contributed by atoms with van der Waals surface area (Å²) in [5.41, 5.74) is 2.30. The zero-order valence-corrected chi connectivity index (χ0v) is 14.1. The molecule has 1 aromatic carbocycles. The average Bonchev–Trinajstić information content (AvgIpc) is 2.98. The fraction of sp³-hybridized carbons (Fsp3) is 0.474. The summed E-state index contributed by atoms with van der Waals surface area (Å²) in [6.45, 7) is 1.94. The molecule has 0 saturated heterocycles. The SMILES string of the molecule is CN(C/C=C/C1CCCCC1)Cc1cccc2ccoc12.Cl. The molecule has 3 rings (SSSR count). The molecule has 22 heavy (non-hydrogen) atoms. The molecule has 1 aliphatic rings. The number of likely N-dealkylation sites (N-methyl/N-ethyl adjacent to an activating group) is 1. The molecule has 0 unspecified atom stereocenters. The van der Waals surface area contributed by atoms with Crippen LogP contribution in [0.4, 0.5) is 0 Å². The van der Waals surface area contributed by atoms with Crippen molar-refractivity contribution >= 4 is 23.4 Å². The average molecular weight is 320 g/mol. The molecule has 0 bridgehead atoms. The number of rotatable bonds is 5. The number of allylic oxidation sites excluding steroid dienone is 1. The lowest BCUT2D eigenvalue weighted by Gasteiger charge is -2.19. The lowest BCUT2D eigenvalue weighted by Crippen LogP contribution is -2.18. The van der Waals surface area contributed by atoms with Gasteiger partial charge in [-0.3, -0.25) is 4.90 Å². The van der Waals surface area contributed by atoms with E-state index in [1.54, 1.807) is 6.26 Å². The second-order valence-corrected chi connectivity index (χ2v) is 6.28. The van der Waals surface area contributed by atoms with Gasteiger partial charge >= 0.3 is 0 Å². The summed E-state index contributed by atoms with van der Waals surface area (Å²) in [6.07, 6.45) is 13.6. The molecule has 1 fully saturated rings. The first kappa shape index (κ1) is 17.1. The highest BCUT2D eigenvalue weighted by Crippen LogP contribution is 2.24. The van der Waals surface area contributed by atoms with Gasteiger partial charge in [-0.15, -0.1) is 12.4 Å². The van der Waals surface area contributed by atoms with Gasteiger partial charge in [0.1, 0.15) is 5.58 Å². The molecule has 0 aliphatic heterocycles. The van der Waals surface area contributed by atoms with Crippen molar-refractivity contribution in [3.8, 4) is 0 Å². The van der Waals surface area contributed by atoms with Gasteiger partial charge in [0.25, 0.3) is 0 Å². The first-order valence-electron chi connectivity index (χ1n) is 8.13. The molecule has 120 valence electrons. The van der Waals surface area contributed by atoms with Gasteiger partial charge in [-0.25, -0.2) is 0 Å². The third-order valence-electron chi connectivity index (χ3n) is 4.48. The van der Waals surface area contributed by atoms with Gasteiger partial charge in [-0.1, -0.05) is 49.6 Å². The number of hydrogen-bond donors (Lipinski definition) is 0. The van der Waals surface area contributed by atoms with Crippen LogP contribution in [0.1, 0.15) is 37.7 Å². The normalized spacial score (nSPS) is 16.5. The summed E-state index contributed by atoms with van der Waals surface area (Å²) in [6, 6.07) is 8.40. The molecule has 3 heteroatoms. The number of benzene rings is 1. The van der Waals surface area contributed by atoms with Crippen LogP contribution >= 0.6 is 12.4 Å². The van der Waals surface area contributed by atoms with E-state index in [0.29, 0.717) is 0 Å². The van der Waals surface area contributed by atoms with E-state index in [2.05, 4.69) is 42.3 Å². The number of nitrogens with zero attached hydrogens (tertiary/aromatic N) is 1. The number of para-hydroxylation sites is 1. The van der Waals surface area contributed by atoms with E-state index in [-0.39, 0.29) is 12.4 Å². The van der Waals surface area contributed by atoms with Crippen molar-refractivity contribution in [2.45, 2.75) is 38.6 Å². The van der Waals surface area contributed by atoms with Crippen molar-refractivity contribution in [3.05, 3.63) is 48.2 Å². The summed E-state index contributed by atoms with van der Waals surface area (Å²) in [5, 5.41) is 1.19. The maximum absolute atomic E-state index is 5.60. The Kier molecular flexibility index (Phi) is 6.53. The number of fused-ring (bicyclic) bond motifs is 1. The molecule has 0 radical (unpaired) electrons. The molecule has 2 nitrogen and oxygen atoms in total. The molecule has 1 heterocycles. The van der Waals surface area contributed by atoms with Crippen LogP contribution in [0.3, 0.4) is 0 Å². The Morgan fingerprint density at radius 3 is 2.82 bits per heavy atom. The van der Waals surface area contributed by atoms with Crippen LogP contribution < -0.4 is 0 Å². The van der Waals surface area contributed by atoms with Crippen LogP contribution in [0.5, 0.6) is 0 Å². The Morgan fingerprint density at radius 1 is 1.18 bits per heavy atom. The standard InChI is InChI=1S/C19H25NO.ClH/c1-20(13-6-9-16-7-3-2-4-8-16)15-18-11-5-10-17-12-14-21-19(17)18;/h5-6,9-12,14,16H,2-4,7-8,13,15H2,1H3;1H/b9-6+;. The molecule has 1 aliphatic carbocycles. The van der Waals surface area contributed by atoms with Crippen LogP contribution in [0.2, 0.25) is 0 Å². The summed E-state index contributed by atoms with van der Waals surface area (Å²) in [5.74, 6) is 0.820. The molecule has 0 amide bonds. The Bertz CT molecular complexity index is 598. The van der Waals surface area contributed by atoms with Gasteiger partial charge in [0.05, 0.1) is 6.26 Å². The minimum atomic E-state index is 0. The lowest BCUT2D eigenvalue weighted by atomic mass is 9.89. The third kappa shape index (κ3) is 4.37. The predicted octanol–water partition coefficient (Wildman–Crippen LogP) is 5.42. The van der Waals surface area contributed by atoms with Gasteiger partial charge in [0.15, 0.2) is 0 Å². The quantitative estimate of drug-likeness (QED) is 0.684. The van der Waals surface area contributed by atoms with Gasteiger partial charge < -0.3 is 4.42 Å². The summed E-state index contributed by atoms with van der Waals surface area (Å²) in [7, 11) is 2.17. The fourth-order valence-electron chi connectivity index (χ4n) is 3.29. The van der Waals surface area contributed by atoms with E-state index in [1.165, 1.54) is 43.1 Å². The zero-order chi connectivity index (χ0) is 14.5. The van der Waals surface area contributed by atoms with Gasteiger partial charge in [0, 0.05) is 24.0 Å². The summed E-state index contributed by atoms with van der Waals surface area (Å²) < 4.78 is 5.60. The number of furan rings is 1. The van der Waals surface area contributed by atoms with E-state index in [9.17, 15) is 0 Å². The van der Waals surface area contributed by atoms with Crippen molar-refractivity contribution in [1.29, 1.82) is 0 Å². The summed E-state index contributed by atoms with van der Waals surface area (Å²) >= 11 is 0. The molecular formula is C19H26ClNO. The van der Waals surface area contributed by atoms with Crippen molar-refractivity contribution in [3.63, 3.8) is 0 Å². The Morgan fingerprint density at radius 2 is 2.00 bits per heavy atom. The predicted molar refractivity (Wildman–Crippen MR) is 95.5 cm³/mol. The highest BCUT2D eigenvalue weighted by molar-refractivity contribution is 5.85. The monoisotopic (exact) mass is 319 g/mol. The van der Waals surface area contributed by atoms with Crippen LogP contribution in [0, 0.1) is 5.92 Å². The van der Waals surface area contributed by atoms with Crippen molar-refractivity contribution in [2.24, 2.45) is 5.92 Å². The topological polar surface area (TPSA) is 16.4 Å². The van der Waals surface area contributed by atoms with E-state index in [4.69, 9.17) is 4.42 Å². The first-order valence-corrected chi connectivity index (χ1v) is 8.13. The molecule has 0 atom stereocenters. The number of hydrogen-bond acceptors (Lipinski definition) is 2. The molecule has 1 saturated carbocycles. The maximum Gasteiger partial charge on any atom is 0.138 e. The van der Waals surface area contributed by atoms with E-state index < -0.39 is 0 Å². The van der Waals surface area contributed by atoms with Crippen LogP contribution in [0.15, 0.2) is 47.1 Å². The Hall–Kier alpha value is -1.25. The minimum absolute atomic E-state index is 0. The van der Waals surface area contributed by atoms with Crippen LogP contribution in [-0.2, 0) is 6.54 Å². The van der Waals surface area contributed by atoms with E-state index >= 15 is 0 Å². The van der Waals surface area contributed by atoms with Crippen molar-refractivity contribution < 1.29 is 4.42 Å². The number of halogens is 1.